The normalized spacial score (nSPS) is 9.82. The molecule has 17 heavy (non-hydrogen) atoms. The Morgan fingerprint density at radius 2 is 2.00 bits per heavy atom. The Labute approximate surface area is 106 Å². The van der Waals surface area contributed by atoms with Gasteiger partial charge < -0.3 is 10.2 Å². The van der Waals surface area contributed by atoms with Gasteiger partial charge in [0.25, 0.3) is 5.91 Å². The SMILES string of the molecule is CNC(=O)CCN(C)C(=O)c1ccccc1S. The van der Waals surface area contributed by atoms with E-state index in [0.717, 1.165) is 0 Å². The molecule has 1 rings (SSSR count). The summed E-state index contributed by atoms with van der Waals surface area (Å²) in [6, 6.07) is 7.10. The number of hydrogen-bond donors (Lipinski definition) is 2. The molecule has 0 aromatic heterocycles. The molecule has 0 radical (unpaired) electrons. The van der Waals surface area contributed by atoms with Gasteiger partial charge in [0.2, 0.25) is 5.91 Å². The number of thiol groups is 1. The summed E-state index contributed by atoms with van der Waals surface area (Å²) in [5, 5.41) is 2.52. The molecule has 0 saturated carbocycles. The van der Waals surface area contributed by atoms with Crippen molar-refractivity contribution in [3.63, 3.8) is 0 Å². The van der Waals surface area contributed by atoms with Crippen molar-refractivity contribution in [3.05, 3.63) is 29.8 Å². The summed E-state index contributed by atoms with van der Waals surface area (Å²) in [6.45, 7) is 0.390. The number of benzene rings is 1. The highest BCUT2D eigenvalue weighted by molar-refractivity contribution is 7.80. The molecule has 0 aliphatic carbocycles. The molecular formula is C12H16N2O2S. The second-order valence-electron chi connectivity index (χ2n) is 3.67. The van der Waals surface area contributed by atoms with E-state index in [4.69, 9.17) is 0 Å². The van der Waals surface area contributed by atoms with Gasteiger partial charge in [-0.15, -0.1) is 12.6 Å². The van der Waals surface area contributed by atoms with E-state index in [1.807, 2.05) is 6.07 Å². The Balaban J connectivity index is 2.64. The number of nitrogens with zero attached hydrogens (tertiary/aromatic N) is 1. The lowest BCUT2D eigenvalue weighted by atomic mass is 10.2. The van der Waals surface area contributed by atoms with E-state index in [-0.39, 0.29) is 11.8 Å². The molecule has 1 N–H and O–H groups in total. The van der Waals surface area contributed by atoms with Crippen molar-refractivity contribution in [2.45, 2.75) is 11.3 Å². The highest BCUT2D eigenvalue weighted by Crippen LogP contribution is 2.14. The van der Waals surface area contributed by atoms with Crippen LogP contribution < -0.4 is 5.32 Å². The van der Waals surface area contributed by atoms with Gasteiger partial charge in [0.1, 0.15) is 0 Å². The number of nitrogens with one attached hydrogen (secondary N) is 1. The van der Waals surface area contributed by atoms with Crippen molar-refractivity contribution < 1.29 is 9.59 Å². The lowest BCUT2D eigenvalue weighted by molar-refractivity contribution is -0.120. The summed E-state index contributed by atoms with van der Waals surface area (Å²) < 4.78 is 0. The van der Waals surface area contributed by atoms with Crippen LogP contribution in [-0.4, -0.2) is 37.4 Å². The zero-order valence-corrected chi connectivity index (χ0v) is 10.8. The first-order chi connectivity index (χ1) is 8.06. The van der Waals surface area contributed by atoms with Gasteiger partial charge in [-0.1, -0.05) is 12.1 Å². The summed E-state index contributed by atoms with van der Waals surface area (Å²) in [5.41, 5.74) is 0.551. The summed E-state index contributed by atoms with van der Waals surface area (Å²) >= 11 is 4.23. The van der Waals surface area contributed by atoms with Crippen LogP contribution >= 0.6 is 12.6 Å². The quantitative estimate of drug-likeness (QED) is 0.791. The maximum absolute atomic E-state index is 12.0. The predicted octanol–water partition coefficient (Wildman–Crippen LogP) is 1.18. The van der Waals surface area contributed by atoms with Gasteiger partial charge >= 0.3 is 0 Å². The van der Waals surface area contributed by atoms with Crippen LogP contribution in [-0.2, 0) is 4.79 Å². The van der Waals surface area contributed by atoms with Crippen molar-refractivity contribution in [1.29, 1.82) is 0 Å². The molecular weight excluding hydrogens is 236 g/mol. The van der Waals surface area contributed by atoms with E-state index >= 15 is 0 Å². The fourth-order valence-corrected chi connectivity index (χ4v) is 1.61. The van der Waals surface area contributed by atoms with E-state index in [1.165, 1.54) is 4.90 Å². The third-order valence-corrected chi connectivity index (χ3v) is 2.82. The molecule has 2 amide bonds. The van der Waals surface area contributed by atoms with Crippen LogP contribution in [0.25, 0.3) is 0 Å². The topological polar surface area (TPSA) is 49.4 Å². The average molecular weight is 252 g/mol. The standard InChI is InChI=1S/C12H16N2O2S/c1-13-11(15)7-8-14(2)12(16)9-5-3-4-6-10(9)17/h3-6,17H,7-8H2,1-2H3,(H,13,15). The zero-order chi connectivity index (χ0) is 12.8. The van der Waals surface area contributed by atoms with Crippen molar-refractivity contribution in [2.24, 2.45) is 0 Å². The molecule has 0 atom stereocenters. The zero-order valence-electron chi connectivity index (χ0n) is 9.93. The number of carbonyl (C=O) groups excluding carboxylic acids is 2. The maximum Gasteiger partial charge on any atom is 0.254 e. The van der Waals surface area contributed by atoms with Crippen molar-refractivity contribution in [3.8, 4) is 0 Å². The van der Waals surface area contributed by atoms with E-state index in [9.17, 15) is 9.59 Å². The Hall–Kier alpha value is -1.49. The fourth-order valence-electron chi connectivity index (χ4n) is 1.36. The van der Waals surface area contributed by atoms with Crippen LogP contribution in [0.5, 0.6) is 0 Å². The Morgan fingerprint density at radius 3 is 2.59 bits per heavy atom. The van der Waals surface area contributed by atoms with Crippen LogP contribution in [0.15, 0.2) is 29.2 Å². The molecule has 0 spiro atoms. The number of hydrogen-bond acceptors (Lipinski definition) is 3. The third kappa shape index (κ3) is 3.78. The number of rotatable bonds is 4. The molecule has 0 bridgehead atoms. The summed E-state index contributed by atoms with van der Waals surface area (Å²) in [5.74, 6) is -0.205. The third-order valence-electron chi connectivity index (χ3n) is 2.43. The largest absolute Gasteiger partial charge is 0.359 e. The van der Waals surface area contributed by atoms with Crippen molar-refractivity contribution >= 4 is 24.4 Å². The smallest absolute Gasteiger partial charge is 0.254 e. The maximum atomic E-state index is 12.0. The second-order valence-corrected chi connectivity index (χ2v) is 4.15. The van der Waals surface area contributed by atoms with Crippen LogP contribution in [0, 0.1) is 0 Å². The van der Waals surface area contributed by atoms with E-state index < -0.39 is 0 Å². The lowest BCUT2D eigenvalue weighted by Crippen LogP contribution is -2.31. The molecule has 0 aliphatic heterocycles. The van der Waals surface area contributed by atoms with E-state index in [2.05, 4.69) is 17.9 Å². The molecule has 0 heterocycles. The number of amides is 2. The molecule has 1 aromatic rings. The minimum Gasteiger partial charge on any atom is -0.359 e. The van der Waals surface area contributed by atoms with Gasteiger partial charge in [0.15, 0.2) is 0 Å². The van der Waals surface area contributed by atoms with Gasteiger partial charge in [-0.25, -0.2) is 0 Å². The Kier molecular flexibility index (Phi) is 5.03. The summed E-state index contributed by atoms with van der Waals surface area (Å²) in [4.78, 5) is 25.3. The predicted molar refractivity (Wildman–Crippen MR) is 69.3 cm³/mol. The average Bonchev–Trinajstić information content (AvgIpc) is 2.35. The lowest BCUT2D eigenvalue weighted by Gasteiger charge is -2.17. The summed E-state index contributed by atoms with van der Waals surface area (Å²) in [7, 11) is 3.25. The molecule has 4 nitrogen and oxygen atoms in total. The van der Waals surface area contributed by atoms with Crippen LogP contribution in [0.1, 0.15) is 16.8 Å². The highest BCUT2D eigenvalue weighted by Gasteiger charge is 2.14. The second kappa shape index (κ2) is 6.30. The Bertz CT molecular complexity index is 421. The highest BCUT2D eigenvalue weighted by atomic mass is 32.1. The van der Waals surface area contributed by atoms with Crippen LogP contribution in [0.4, 0.5) is 0 Å². The van der Waals surface area contributed by atoms with Crippen molar-refractivity contribution in [1.82, 2.24) is 10.2 Å². The van der Waals surface area contributed by atoms with E-state index in [1.54, 1.807) is 32.3 Å². The van der Waals surface area contributed by atoms with E-state index in [0.29, 0.717) is 23.4 Å². The Morgan fingerprint density at radius 1 is 1.35 bits per heavy atom. The fraction of sp³-hybridized carbons (Fsp3) is 0.333. The molecule has 0 aliphatic rings. The van der Waals surface area contributed by atoms with Gasteiger partial charge in [0, 0.05) is 32.0 Å². The van der Waals surface area contributed by atoms with Crippen molar-refractivity contribution in [2.75, 3.05) is 20.6 Å². The van der Waals surface area contributed by atoms with Gasteiger partial charge in [-0.2, -0.15) is 0 Å². The monoisotopic (exact) mass is 252 g/mol. The molecule has 1 aromatic carbocycles. The van der Waals surface area contributed by atoms with Gasteiger partial charge in [-0.3, -0.25) is 9.59 Å². The number of carbonyl (C=O) groups is 2. The molecule has 92 valence electrons. The van der Waals surface area contributed by atoms with Gasteiger partial charge in [-0.05, 0) is 12.1 Å². The summed E-state index contributed by atoms with van der Waals surface area (Å²) in [6.07, 6.45) is 0.299. The molecule has 0 saturated heterocycles. The molecule has 0 fully saturated rings. The minimum atomic E-state index is -0.125. The first-order valence-electron chi connectivity index (χ1n) is 5.30. The van der Waals surface area contributed by atoms with Crippen LogP contribution in [0.2, 0.25) is 0 Å². The minimum absolute atomic E-state index is 0.0798. The molecule has 0 unspecified atom stereocenters. The first kappa shape index (κ1) is 13.6. The van der Waals surface area contributed by atoms with Gasteiger partial charge in [0.05, 0.1) is 5.56 Å². The van der Waals surface area contributed by atoms with Crippen LogP contribution in [0.3, 0.4) is 0 Å². The first-order valence-corrected chi connectivity index (χ1v) is 5.75. The molecule has 5 heteroatoms.